The molecule has 2 heterocycles. The molecule has 0 atom stereocenters. The molecule has 94 valence electrons. The fraction of sp³-hybridized carbons (Fsp3) is 0.333. The lowest BCUT2D eigenvalue weighted by atomic mass is 10.3. The predicted molar refractivity (Wildman–Crippen MR) is 70.3 cm³/mol. The van der Waals surface area contributed by atoms with Gasteiger partial charge < -0.3 is 10.6 Å². The Morgan fingerprint density at radius 2 is 2.11 bits per heavy atom. The van der Waals surface area contributed by atoms with Crippen molar-refractivity contribution in [2.45, 2.75) is 20.4 Å². The number of anilines is 2. The molecular weight excluding hydrogens is 228 g/mol. The van der Waals surface area contributed by atoms with Gasteiger partial charge in [-0.25, -0.2) is 15.0 Å². The molecule has 0 saturated heterocycles. The van der Waals surface area contributed by atoms with Crippen LogP contribution >= 0.6 is 0 Å². The van der Waals surface area contributed by atoms with Crippen molar-refractivity contribution < 1.29 is 0 Å². The fourth-order valence-corrected chi connectivity index (χ4v) is 1.46. The highest BCUT2D eigenvalue weighted by Gasteiger charge is 2.03. The molecule has 6 heteroatoms. The topological polar surface area (TPSA) is 75.6 Å². The molecule has 0 bridgehead atoms. The Hall–Kier alpha value is -2.24. The highest BCUT2D eigenvalue weighted by Crippen LogP contribution is 2.13. The Kier molecular flexibility index (Phi) is 4.01. The third-order valence-electron chi connectivity index (χ3n) is 2.39. The summed E-state index contributed by atoms with van der Waals surface area (Å²) in [5.74, 6) is 1.45. The summed E-state index contributed by atoms with van der Waals surface area (Å²) in [5, 5.41) is 6.33. The van der Waals surface area contributed by atoms with Crippen molar-refractivity contribution in [1.29, 1.82) is 0 Å². The second-order valence-corrected chi connectivity index (χ2v) is 3.81. The molecule has 0 unspecified atom stereocenters. The minimum atomic E-state index is 0.617. The van der Waals surface area contributed by atoms with Gasteiger partial charge in [0, 0.05) is 24.5 Å². The summed E-state index contributed by atoms with van der Waals surface area (Å²) in [7, 11) is 0. The van der Waals surface area contributed by atoms with Crippen LogP contribution in [0.25, 0.3) is 0 Å². The van der Waals surface area contributed by atoms with E-state index in [9.17, 15) is 0 Å². The highest BCUT2D eigenvalue weighted by molar-refractivity contribution is 5.46. The Morgan fingerprint density at radius 3 is 2.83 bits per heavy atom. The van der Waals surface area contributed by atoms with Crippen molar-refractivity contribution >= 4 is 11.8 Å². The zero-order chi connectivity index (χ0) is 12.8. The van der Waals surface area contributed by atoms with Crippen LogP contribution in [-0.2, 0) is 6.54 Å². The van der Waals surface area contributed by atoms with Gasteiger partial charge in [0.25, 0.3) is 0 Å². The second kappa shape index (κ2) is 5.90. The Labute approximate surface area is 106 Å². The van der Waals surface area contributed by atoms with Crippen molar-refractivity contribution in [3.8, 4) is 0 Å². The van der Waals surface area contributed by atoms with E-state index < -0.39 is 0 Å². The van der Waals surface area contributed by atoms with E-state index >= 15 is 0 Å². The first-order valence-corrected chi connectivity index (χ1v) is 5.86. The van der Waals surface area contributed by atoms with E-state index in [1.807, 2.05) is 19.9 Å². The molecule has 6 nitrogen and oxygen atoms in total. The quantitative estimate of drug-likeness (QED) is 0.832. The zero-order valence-electron chi connectivity index (χ0n) is 10.5. The molecule has 0 aliphatic heterocycles. The third kappa shape index (κ3) is 3.13. The zero-order valence-corrected chi connectivity index (χ0v) is 10.5. The van der Waals surface area contributed by atoms with Crippen LogP contribution in [0.4, 0.5) is 11.8 Å². The van der Waals surface area contributed by atoms with E-state index in [2.05, 4.69) is 30.6 Å². The second-order valence-electron chi connectivity index (χ2n) is 3.81. The summed E-state index contributed by atoms with van der Waals surface area (Å²) >= 11 is 0. The number of hydrogen-bond donors (Lipinski definition) is 2. The number of nitrogens with one attached hydrogen (secondary N) is 2. The van der Waals surface area contributed by atoms with Crippen LogP contribution in [-0.4, -0.2) is 26.5 Å². The lowest BCUT2D eigenvalue weighted by molar-refractivity contribution is 0.981. The highest BCUT2D eigenvalue weighted by atomic mass is 15.1. The predicted octanol–water partition coefficient (Wildman–Crippen LogP) is 1.62. The summed E-state index contributed by atoms with van der Waals surface area (Å²) in [6, 6.07) is 1.87. The largest absolute Gasteiger partial charge is 0.364 e. The van der Waals surface area contributed by atoms with Crippen LogP contribution in [0, 0.1) is 6.92 Å². The molecule has 0 saturated carbocycles. The maximum Gasteiger partial charge on any atom is 0.224 e. The summed E-state index contributed by atoms with van der Waals surface area (Å²) in [4.78, 5) is 16.6. The van der Waals surface area contributed by atoms with Crippen LogP contribution in [0.1, 0.15) is 18.2 Å². The van der Waals surface area contributed by atoms with Gasteiger partial charge in [0.15, 0.2) is 0 Å². The van der Waals surface area contributed by atoms with E-state index in [1.165, 1.54) is 6.33 Å². The Bertz CT molecular complexity index is 499. The first-order valence-electron chi connectivity index (χ1n) is 5.86. The van der Waals surface area contributed by atoms with Gasteiger partial charge in [0.05, 0.1) is 12.2 Å². The molecule has 2 aromatic rings. The molecule has 2 aromatic heterocycles. The molecule has 0 amide bonds. The third-order valence-corrected chi connectivity index (χ3v) is 2.39. The van der Waals surface area contributed by atoms with Gasteiger partial charge in [-0.2, -0.15) is 4.98 Å². The van der Waals surface area contributed by atoms with Gasteiger partial charge in [-0.3, -0.25) is 0 Å². The van der Waals surface area contributed by atoms with Crippen LogP contribution < -0.4 is 10.6 Å². The first-order chi connectivity index (χ1) is 8.79. The minimum Gasteiger partial charge on any atom is -0.364 e. The lowest BCUT2D eigenvalue weighted by Gasteiger charge is -2.09. The van der Waals surface area contributed by atoms with Gasteiger partial charge in [-0.15, -0.1) is 0 Å². The molecular formula is C12H16N6. The van der Waals surface area contributed by atoms with Crippen molar-refractivity contribution in [2.75, 3.05) is 17.2 Å². The summed E-state index contributed by atoms with van der Waals surface area (Å²) in [6.07, 6.45) is 5.06. The number of hydrogen-bond acceptors (Lipinski definition) is 6. The smallest absolute Gasteiger partial charge is 0.224 e. The molecule has 2 rings (SSSR count). The number of nitrogens with zero attached hydrogens (tertiary/aromatic N) is 4. The summed E-state index contributed by atoms with van der Waals surface area (Å²) in [5.41, 5.74) is 1.93. The monoisotopic (exact) mass is 244 g/mol. The van der Waals surface area contributed by atoms with E-state index in [0.29, 0.717) is 12.5 Å². The maximum absolute atomic E-state index is 4.40. The number of aromatic nitrogens is 4. The normalized spacial score (nSPS) is 10.1. The molecule has 18 heavy (non-hydrogen) atoms. The van der Waals surface area contributed by atoms with E-state index in [4.69, 9.17) is 0 Å². The van der Waals surface area contributed by atoms with E-state index in [0.717, 1.165) is 23.6 Å². The van der Waals surface area contributed by atoms with Gasteiger partial charge in [-0.1, -0.05) is 0 Å². The summed E-state index contributed by atoms with van der Waals surface area (Å²) < 4.78 is 0. The first kappa shape index (κ1) is 12.2. The van der Waals surface area contributed by atoms with Crippen LogP contribution in [0.3, 0.4) is 0 Å². The van der Waals surface area contributed by atoms with E-state index in [-0.39, 0.29) is 0 Å². The Morgan fingerprint density at radius 1 is 1.22 bits per heavy atom. The van der Waals surface area contributed by atoms with Crippen LogP contribution in [0.2, 0.25) is 0 Å². The van der Waals surface area contributed by atoms with Crippen molar-refractivity contribution in [3.63, 3.8) is 0 Å². The standard InChI is InChI=1S/C12H16N6/c1-3-14-12-16-6-9(2)11(18-12)15-7-10-4-5-13-8-17-10/h4-6,8H,3,7H2,1-2H3,(H2,14,15,16,18). The van der Waals surface area contributed by atoms with E-state index in [1.54, 1.807) is 12.4 Å². The molecule has 0 fully saturated rings. The van der Waals surface area contributed by atoms with Crippen molar-refractivity contribution in [3.05, 3.63) is 36.0 Å². The molecule has 0 radical (unpaired) electrons. The number of rotatable bonds is 5. The summed E-state index contributed by atoms with van der Waals surface area (Å²) in [6.45, 7) is 5.40. The molecule has 0 aromatic carbocycles. The van der Waals surface area contributed by atoms with Gasteiger partial charge in [0.1, 0.15) is 12.1 Å². The molecule has 2 N–H and O–H groups in total. The molecule has 0 spiro atoms. The fourth-order valence-electron chi connectivity index (χ4n) is 1.46. The average Bonchev–Trinajstić information content (AvgIpc) is 2.41. The molecule has 0 aliphatic carbocycles. The lowest BCUT2D eigenvalue weighted by Crippen LogP contribution is -2.08. The van der Waals surface area contributed by atoms with Crippen molar-refractivity contribution in [2.24, 2.45) is 0 Å². The van der Waals surface area contributed by atoms with Gasteiger partial charge in [-0.05, 0) is 19.9 Å². The van der Waals surface area contributed by atoms with Gasteiger partial charge in [0.2, 0.25) is 5.95 Å². The number of aryl methyl sites for hydroxylation is 1. The maximum atomic E-state index is 4.40. The van der Waals surface area contributed by atoms with Crippen LogP contribution in [0.15, 0.2) is 24.8 Å². The molecule has 0 aliphatic rings. The van der Waals surface area contributed by atoms with Crippen molar-refractivity contribution in [1.82, 2.24) is 19.9 Å². The Balaban J connectivity index is 2.06. The van der Waals surface area contributed by atoms with Crippen LogP contribution in [0.5, 0.6) is 0 Å². The average molecular weight is 244 g/mol. The van der Waals surface area contributed by atoms with Gasteiger partial charge >= 0.3 is 0 Å². The SMILES string of the molecule is CCNc1ncc(C)c(NCc2ccncn2)n1. The minimum absolute atomic E-state index is 0.617.